The molecule has 0 bridgehead atoms. The number of aryl methyl sites for hydroxylation is 1. The van der Waals surface area contributed by atoms with Crippen LogP contribution in [-0.4, -0.2) is 45.1 Å². The minimum absolute atomic E-state index is 0.302. The third kappa shape index (κ3) is 6.69. The molecule has 0 saturated carbocycles. The molecule has 2 aromatic rings. The van der Waals surface area contributed by atoms with Crippen LogP contribution in [0.15, 0.2) is 48.5 Å². The maximum Gasteiger partial charge on any atom is 0.171 e. The molecule has 30 heavy (non-hydrogen) atoms. The number of thiocarbonyl (C=S) groups is 1. The zero-order chi connectivity index (χ0) is 21.2. The van der Waals surface area contributed by atoms with E-state index < -0.39 is 0 Å². The van der Waals surface area contributed by atoms with Crippen molar-refractivity contribution in [2.45, 2.75) is 32.2 Å². The van der Waals surface area contributed by atoms with Gasteiger partial charge in [-0.15, -0.1) is 0 Å². The molecule has 2 aromatic carbocycles. The van der Waals surface area contributed by atoms with Crippen LogP contribution >= 0.6 is 12.2 Å². The van der Waals surface area contributed by atoms with Gasteiger partial charge in [-0.2, -0.15) is 0 Å². The Labute approximate surface area is 185 Å². The van der Waals surface area contributed by atoms with Gasteiger partial charge in [0.2, 0.25) is 0 Å². The van der Waals surface area contributed by atoms with Crippen molar-refractivity contribution in [3.63, 3.8) is 0 Å². The Morgan fingerprint density at radius 2 is 1.80 bits per heavy atom. The molecule has 1 aliphatic rings. The molecule has 0 unspecified atom stereocenters. The van der Waals surface area contributed by atoms with Crippen LogP contribution < -0.4 is 20.3 Å². The van der Waals surface area contributed by atoms with Gasteiger partial charge in [0.1, 0.15) is 24.9 Å². The highest BCUT2D eigenvalue weighted by Crippen LogP contribution is 2.16. The van der Waals surface area contributed by atoms with Gasteiger partial charge in [0, 0.05) is 11.3 Å². The van der Waals surface area contributed by atoms with Crippen molar-refractivity contribution in [3.05, 3.63) is 59.7 Å². The first-order valence-electron chi connectivity index (χ1n) is 10.9. The van der Waals surface area contributed by atoms with Gasteiger partial charge in [-0.05, 0) is 67.0 Å². The van der Waals surface area contributed by atoms with Crippen molar-refractivity contribution in [1.29, 1.82) is 0 Å². The van der Waals surface area contributed by atoms with Crippen molar-refractivity contribution in [3.8, 4) is 5.75 Å². The first kappa shape index (κ1) is 22.5. The molecule has 1 saturated heterocycles. The minimum Gasteiger partial charge on any atom is -0.497 e. The van der Waals surface area contributed by atoms with Crippen LogP contribution in [0.3, 0.4) is 0 Å². The number of nitrogens with one attached hydrogen (secondary N) is 3. The lowest BCUT2D eigenvalue weighted by Crippen LogP contribution is -3.15. The average Bonchev–Trinajstić information content (AvgIpc) is 2.80. The van der Waals surface area contributed by atoms with Crippen LogP contribution in [0.5, 0.6) is 5.75 Å². The monoisotopic (exact) mass is 428 g/mol. The van der Waals surface area contributed by atoms with Crippen LogP contribution in [0, 0.1) is 0 Å². The van der Waals surface area contributed by atoms with Crippen molar-refractivity contribution in [2.24, 2.45) is 0 Å². The molecule has 0 radical (unpaired) electrons. The second-order valence-corrected chi connectivity index (χ2v) is 8.14. The predicted molar refractivity (Wildman–Crippen MR) is 127 cm³/mol. The Kier molecular flexibility index (Phi) is 8.93. The Bertz CT molecular complexity index is 774. The number of morpholine rings is 1. The standard InChI is InChI=1S/C24H33N3O2S/c1-3-4-5-19-6-10-21(11-7-19)26-24(30)25-18-23(27-14-16-29-17-15-27)20-8-12-22(28-2)13-9-20/h6-13,23H,3-5,14-18H2,1-2H3,(H2,25,26,30)/p+1/t23-/m0/s1. The van der Waals surface area contributed by atoms with E-state index in [4.69, 9.17) is 21.7 Å². The molecular weight excluding hydrogens is 394 g/mol. The van der Waals surface area contributed by atoms with E-state index in [2.05, 4.69) is 54.0 Å². The maximum absolute atomic E-state index is 5.57. The highest BCUT2D eigenvalue weighted by molar-refractivity contribution is 7.80. The molecule has 1 heterocycles. The molecule has 1 atom stereocenters. The van der Waals surface area contributed by atoms with Gasteiger partial charge < -0.3 is 25.0 Å². The van der Waals surface area contributed by atoms with Crippen LogP contribution in [0.25, 0.3) is 0 Å². The van der Waals surface area contributed by atoms with Gasteiger partial charge in [0.05, 0.1) is 26.9 Å². The van der Waals surface area contributed by atoms with Crippen molar-refractivity contribution in [2.75, 3.05) is 45.3 Å². The number of ether oxygens (including phenoxy) is 2. The molecule has 5 nitrogen and oxygen atoms in total. The summed E-state index contributed by atoms with van der Waals surface area (Å²) in [6, 6.07) is 17.2. The van der Waals surface area contributed by atoms with E-state index in [0.29, 0.717) is 11.2 Å². The highest BCUT2D eigenvalue weighted by Gasteiger charge is 2.26. The average molecular weight is 429 g/mol. The summed E-state index contributed by atoms with van der Waals surface area (Å²) in [5.41, 5.74) is 3.67. The first-order chi connectivity index (χ1) is 14.7. The number of rotatable bonds is 9. The number of benzene rings is 2. The van der Waals surface area contributed by atoms with E-state index >= 15 is 0 Å². The second-order valence-electron chi connectivity index (χ2n) is 7.73. The number of methoxy groups -OCH3 is 1. The van der Waals surface area contributed by atoms with E-state index in [1.54, 1.807) is 7.11 Å². The summed E-state index contributed by atoms with van der Waals surface area (Å²) in [6.45, 7) is 6.58. The largest absolute Gasteiger partial charge is 0.497 e. The van der Waals surface area contributed by atoms with Crippen molar-refractivity contribution >= 4 is 23.0 Å². The lowest BCUT2D eigenvalue weighted by atomic mass is 10.0. The number of hydrogen-bond acceptors (Lipinski definition) is 3. The van der Waals surface area contributed by atoms with Crippen LogP contribution in [-0.2, 0) is 11.2 Å². The van der Waals surface area contributed by atoms with E-state index in [9.17, 15) is 0 Å². The molecule has 3 rings (SSSR count). The molecule has 0 spiro atoms. The van der Waals surface area contributed by atoms with Crippen molar-refractivity contribution < 1.29 is 14.4 Å². The second kappa shape index (κ2) is 11.9. The first-order valence-corrected chi connectivity index (χ1v) is 11.3. The summed E-state index contributed by atoms with van der Waals surface area (Å²) in [5, 5.41) is 7.41. The molecule has 3 N–H and O–H groups in total. The summed E-state index contributed by atoms with van der Waals surface area (Å²) < 4.78 is 10.9. The molecule has 162 valence electrons. The van der Waals surface area contributed by atoms with Gasteiger partial charge in [-0.25, -0.2) is 0 Å². The summed E-state index contributed by atoms with van der Waals surface area (Å²) in [7, 11) is 1.70. The van der Waals surface area contributed by atoms with Crippen LogP contribution in [0.2, 0.25) is 0 Å². The fourth-order valence-corrected chi connectivity index (χ4v) is 4.02. The zero-order valence-corrected chi connectivity index (χ0v) is 18.9. The van der Waals surface area contributed by atoms with E-state index in [1.807, 2.05) is 12.1 Å². The molecule has 0 amide bonds. The normalized spacial score (nSPS) is 15.4. The summed E-state index contributed by atoms with van der Waals surface area (Å²) in [5.74, 6) is 0.877. The topological polar surface area (TPSA) is 47.0 Å². The number of unbranched alkanes of at least 4 members (excludes halogenated alkanes) is 1. The highest BCUT2D eigenvalue weighted by atomic mass is 32.1. The third-order valence-electron chi connectivity index (χ3n) is 5.64. The fraction of sp³-hybridized carbons (Fsp3) is 0.458. The predicted octanol–water partition coefficient (Wildman–Crippen LogP) is 2.98. The number of hydrogen-bond donors (Lipinski definition) is 3. The fourth-order valence-electron chi connectivity index (χ4n) is 3.82. The summed E-state index contributed by atoms with van der Waals surface area (Å²) >= 11 is 5.57. The van der Waals surface area contributed by atoms with Gasteiger partial charge in [0.15, 0.2) is 5.11 Å². The SMILES string of the molecule is CCCCc1ccc(NC(=S)NC[C@@H](c2ccc(OC)cc2)[NH+]2CCOCC2)cc1. The Hall–Kier alpha value is -2.15. The van der Waals surface area contributed by atoms with Gasteiger partial charge in [0.25, 0.3) is 0 Å². The summed E-state index contributed by atoms with van der Waals surface area (Å²) in [6.07, 6.45) is 3.57. The molecule has 1 fully saturated rings. The third-order valence-corrected chi connectivity index (χ3v) is 5.89. The minimum atomic E-state index is 0.302. The molecular formula is C24H34N3O2S+. The lowest BCUT2D eigenvalue weighted by molar-refractivity contribution is -0.937. The zero-order valence-electron chi connectivity index (χ0n) is 18.1. The Balaban J connectivity index is 1.59. The maximum atomic E-state index is 5.57. The van der Waals surface area contributed by atoms with Crippen LogP contribution in [0.4, 0.5) is 5.69 Å². The smallest absolute Gasteiger partial charge is 0.171 e. The number of quaternary nitrogens is 1. The lowest BCUT2D eigenvalue weighted by Gasteiger charge is -2.32. The Morgan fingerprint density at radius 3 is 2.43 bits per heavy atom. The van der Waals surface area contributed by atoms with Crippen molar-refractivity contribution in [1.82, 2.24) is 5.32 Å². The molecule has 0 aromatic heterocycles. The molecule has 1 aliphatic heterocycles. The van der Waals surface area contributed by atoms with E-state index in [-0.39, 0.29) is 0 Å². The van der Waals surface area contributed by atoms with Gasteiger partial charge in [-0.3, -0.25) is 0 Å². The summed E-state index contributed by atoms with van der Waals surface area (Å²) in [4.78, 5) is 1.52. The Morgan fingerprint density at radius 1 is 1.10 bits per heavy atom. The van der Waals surface area contributed by atoms with Crippen LogP contribution in [0.1, 0.15) is 36.9 Å². The van der Waals surface area contributed by atoms with E-state index in [0.717, 1.165) is 50.7 Å². The molecule has 6 heteroatoms. The van der Waals surface area contributed by atoms with Gasteiger partial charge in [-0.1, -0.05) is 25.5 Å². The molecule has 0 aliphatic carbocycles. The van der Waals surface area contributed by atoms with Gasteiger partial charge >= 0.3 is 0 Å². The number of anilines is 1. The quantitative estimate of drug-likeness (QED) is 0.536. The van der Waals surface area contributed by atoms with E-state index in [1.165, 1.54) is 28.9 Å².